The van der Waals surface area contributed by atoms with E-state index in [-0.39, 0.29) is 22.9 Å². The molecule has 1 N–H and O–H groups in total. The van der Waals surface area contributed by atoms with E-state index in [1.165, 1.54) is 17.5 Å². The molecule has 166 valence electrons. The van der Waals surface area contributed by atoms with Crippen LogP contribution in [0.15, 0.2) is 24.3 Å². The van der Waals surface area contributed by atoms with Crippen molar-refractivity contribution in [1.29, 1.82) is 0 Å². The van der Waals surface area contributed by atoms with Gasteiger partial charge in [-0.2, -0.15) is 4.80 Å². The van der Waals surface area contributed by atoms with Gasteiger partial charge in [0, 0.05) is 0 Å². The minimum Gasteiger partial charge on any atom is -0.349 e. The summed E-state index contributed by atoms with van der Waals surface area (Å²) in [5.74, 6) is 2.64. The number of rotatable bonds is 6. The molecule has 6 nitrogen and oxygen atoms in total. The van der Waals surface area contributed by atoms with Crippen LogP contribution < -0.4 is 5.32 Å². The third kappa shape index (κ3) is 3.48. The molecule has 1 aromatic heterocycles. The van der Waals surface area contributed by atoms with Gasteiger partial charge in [-0.3, -0.25) is 4.79 Å². The van der Waals surface area contributed by atoms with Crippen molar-refractivity contribution in [3.05, 3.63) is 41.2 Å². The Hall–Kier alpha value is -2.24. The molecule has 0 spiro atoms. The summed E-state index contributed by atoms with van der Waals surface area (Å²) in [4.78, 5) is 15.7. The van der Waals surface area contributed by atoms with Crippen LogP contribution in [0.1, 0.15) is 94.6 Å². The number of tetrazole rings is 1. The molecule has 4 aliphatic carbocycles. The largest absolute Gasteiger partial charge is 0.349 e. The second kappa shape index (κ2) is 7.42. The molecule has 0 unspecified atom stereocenters. The minimum absolute atomic E-state index is 0.0596. The van der Waals surface area contributed by atoms with Gasteiger partial charge < -0.3 is 5.32 Å². The van der Waals surface area contributed by atoms with E-state index in [2.05, 4.69) is 65.8 Å². The third-order valence-corrected chi connectivity index (χ3v) is 8.17. The number of benzene rings is 1. The molecule has 0 radical (unpaired) electrons. The van der Waals surface area contributed by atoms with Gasteiger partial charge in [0.15, 0.2) is 5.82 Å². The number of aromatic nitrogens is 4. The summed E-state index contributed by atoms with van der Waals surface area (Å²) < 4.78 is 0. The molecular formula is C25H35N5O. The molecule has 0 saturated heterocycles. The van der Waals surface area contributed by atoms with Crippen molar-refractivity contribution in [2.75, 3.05) is 0 Å². The lowest BCUT2D eigenvalue weighted by Crippen LogP contribution is -2.61. The van der Waals surface area contributed by atoms with Crippen molar-refractivity contribution in [1.82, 2.24) is 25.5 Å². The van der Waals surface area contributed by atoms with Gasteiger partial charge in [-0.15, -0.1) is 10.2 Å². The molecule has 0 aliphatic heterocycles. The van der Waals surface area contributed by atoms with Gasteiger partial charge in [-0.05, 0) is 86.0 Å². The molecule has 3 atom stereocenters. The fraction of sp³-hybridized carbons (Fsp3) is 0.680. The Morgan fingerprint density at radius 1 is 1.13 bits per heavy atom. The van der Waals surface area contributed by atoms with E-state index in [1.54, 1.807) is 0 Å². The topological polar surface area (TPSA) is 72.7 Å². The Balaban J connectivity index is 1.39. The molecule has 4 fully saturated rings. The zero-order valence-corrected chi connectivity index (χ0v) is 19.3. The number of hydrogen-bond acceptors (Lipinski definition) is 4. The van der Waals surface area contributed by atoms with Gasteiger partial charge in [0.05, 0.1) is 17.0 Å². The zero-order chi connectivity index (χ0) is 21.8. The maximum atomic E-state index is 13.8. The first-order valence-corrected chi connectivity index (χ1v) is 12.0. The molecule has 4 aliphatic rings. The Morgan fingerprint density at radius 2 is 1.77 bits per heavy atom. The van der Waals surface area contributed by atoms with Gasteiger partial charge in [0.25, 0.3) is 0 Å². The maximum absolute atomic E-state index is 13.8. The van der Waals surface area contributed by atoms with Crippen LogP contribution in [0.2, 0.25) is 0 Å². The highest BCUT2D eigenvalue weighted by molar-refractivity contribution is 5.83. The van der Waals surface area contributed by atoms with E-state index in [4.69, 9.17) is 0 Å². The molecular weight excluding hydrogens is 386 g/mol. The highest BCUT2D eigenvalue weighted by atomic mass is 16.2. The second-order valence-corrected chi connectivity index (χ2v) is 10.8. The van der Waals surface area contributed by atoms with E-state index >= 15 is 0 Å². The lowest BCUT2D eigenvalue weighted by atomic mass is 9.46. The van der Waals surface area contributed by atoms with Crippen LogP contribution >= 0.6 is 0 Å². The highest BCUT2D eigenvalue weighted by Crippen LogP contribution is 2.64. The molecule has 1 aromatic carbocycles. The van der Waals surface area contributed by atoms with Crippen LogP contribution in [0.3, 0.4) is 0 Å². The van der Waals surface area contributed by atoms with Crippen molar-refractivity contribution >= 4 is 5.91 Å². The Kier molecular flexibility index (Phi) is 4.94. The van der Waals surface area contributed by atoms with Crippen molar-refractivity contribution in [2.45, 2.75) is 90.1 Å². The number of aryl methyl sites for hydroxylation is 1. The SMILES string of the molecule is CC[C@@H](NC(=O)C12C[C@@H]3C[C@@H](C1)CC(n1nnc(C)n1)(C3)C2)c1ccc(C(C)C)cc1. The lowest BCUT2D eigenvalue weighted by molar-refractivity contribution is -0.158. The quantitative estimate of drug-likeness (QED) is 0.736. The molecule has 31 heavy (non-hydrogen) atoms. The maximum Gasteiger partial charge on any atom is 0.226 e. The van der Waals surface area contributed by atoms with Crippen LogP contribution in [0.25, 0.3) is 0 Å². The number of carbonyl (C=O) groups excluding carboxylic acids is 1. The highest BCUT2D eigenvalue weighted by Gasteiger charge is 2.62. The minimum atomic E-state index is -0.295. The van der Waals surface area contributed by atoms with Gasteiger partial charge in [0.2, 0.25) is 5.91 Å². The summed E-state index contributed by atoms with van der Waals surface area (Å²) >= 11 is 0. The number of nitrogens with one attached hydrogen (secondary N) is 1. The fourth-order valence-corrected chi connectivity index (χ4v) is 7.04. The van der Waals surface area contributed by atoms with Gasteiger partial charge in [0.1, 0.15) is 0 Å². The van der Waals surface area contributed by atoms with Crippen molar-refractivity contribution < 1.29 is 4.79 Å². The van der Waals surface area contributed by atoms with E-state index < -0.39 is 0 Å². The third-order valence-electron chi connectivity index (χ3n) is 8.17. The standard InChI is InChI=1S/C25H35N5O/c1-5-22(21-8-6-20(7-9-21)16(2)3)26-23(31)24-11-18-10-19(12-24)14-25(13-18,15-24)30-28-17(4)27-29-30/h6-9,16,18-19,22H,5,10-15H2,1-4H3,(H,26,31)/t18-,19-,22+,24?,25?/m0/s1. The Labute approximate surface area is 185 Å². The monoisotopic (exact) mass is 421 g/mol. The summed E-state index contributed by atoms with van der Waals surface area (Å²) in [7, 11) is 0. The number of carbonyl (C=O) groups is 1. The lowest BCUT2D eigenvalue weighted by Gasteiger charge is -2.60. The van der Waals surface area contributed by atoms with Gasteiger partial charge >= 0.3 is 0 Å². The van der Waals surface area contributed by atoms with E-state index in [0.717, 1.165) is 38.5 Å². The Bertz CT molecular complexity index is 949. The molecule has 4 saturated carbocycles. The van der Waals surface area contributed by atoms with Crippen LogP contribution in [0.5, 0.6) is 0 Å². The average molecular weight is 422 g/mol. The molecule has 6 heteroatoms. The summed E-state index contributed by atoms with van der Waals surface area (Å²) in [5.41, 5.74) is 2.11. The predicted molar refractivity (Wildman–Crippen MR) is 119 cm³/mol. The first kappa shape index (κ1) is 20.7. The van der Waals surface area contributed by atoms with Gasteiger partial charge in [-0.25, -0.2) is 0 Å². The van der Waals surface area contributed by atoms with Crippen LogP contribution in [0.4, 0.5) is 0 Å². The van der Waals surface area contributed by atoms with Crippen molar-refractivity contribution in [3.8, 4) is 0 Å². The smallest absolute Gasteiger partial charge is 0.226 e. The Morgan fingerprint density at radius 3 is 2.32 bits per heavy atom. The van der Waals surface area contributed by atoms with Crippen molar-refractivity contribution in [3.63, 3.8) is 0 Å². The van der Waals surface area contributed by atoms with Crippen LogP contribution in [-0.2, 0) is 10.3 Å². The molecule has 4 bridgehead atoms. The molecule has 1 amide bonds. The van der Waals surface area contributed by atoms with E-state index in [9.17, 15) is 4.79 Å². The summed E-state index contributed by atoms with van der Waals surface area (Å²) in [6, 6.07) is 8.84. The number of amides is 1. The molecule has 1 heterocycles. The summed E-state index contributed by atoms with van der Waals surface area (Å²) in [6.45, 7) is 8.47. The van der Waals surface area contributed by atoms with Crippen LogP contribution in [-0.4, -0.2) is 26.1 Å². The first-order chi connectivity index (χ1) is 14.8. The van der Waals surface area contributed by atoms with Gasteiger partial charge in [-0.1, -0.05) is 45.0 Å². The normalized spacial score (nSPS) is 32.4. The number of nitrogens with zero attached hydrogens (tertiary/aromatic N) is 4. The van der Waals surface area contributed by atoms with Crippen molar-refractivity contribution in [2.24, 2.45) is 17.3 Å². The zero-order valence-electron chi connectivity index (χ0n) is 19.3. The molecule has 6 rings (SSSR count). The summed E-state index contributed by atoms with van der Waals surface area (Å²) in [5, 5.41) is 16.6. The van der Waals surface area contributed by atoms with Crippen LogP contribution in [0, 0.1) is 24.2 Å². The molecule has 2 aromatic rings. The fourth-order valence-electron chi connectivity index (χ4n) is 7.04. The van der Waals surface area contributed by atoms with E-state index in [1.807, 2.05) is 11.7 Å². The number of hydrogen-bond donors (Lipinski definition) is 1. The first-order valence-electron chi connectivity index (χ1n) is 12.0. The average Bonchev–Trinajstić information content (AvgIpc) is 3.18. The summed E-state index contributed by atoms with van der Waals surface area (Å²) in [6.07, 6.45) is 7.17. The predicted octanol–water partition coefficient (Wildman–Crippen LogP) is 4.67. The second-order valence-electron chi connectivity index (χ2n) is 10.8. The van der Waals surface area contributed by atoms with E-state index in [0.29, 0.717) is 23.6 Å².